The standard InChI is InChI=1S/C19H22Cl2N4O/c1-13(16-8-7-15(20)11-17(16)21)25-19(22)24-12-18(26)23-10-9-14-5-3-2-4-6-14/h2-8,11,13H,9-10,12H2,1H3,(H,23,26)(H3,22,24,25). The minimum absolute atomic E-state index is 0.0330. The second kappa shape index (κ2) is 10.0. The Morgan fingerprint density at radius 1 is 1.19 bits per heavy atom. The van der Waals surface area contributed by atoms with Gasteiger partial charge in [-0.3, -0.25) is 4.79 Å². The number of aliphatic imine (C=N–C) groups is 1. The van der Waals surface area contributed by atoms with Crippen LogP contribution >= 0.6 is 23.2 Å². The van der Waals surface area contributed by atoms with Gasteiger partial charge in [0.05, 0.1) is 6.04 Å². The zero-order chi connectivity index (χ0) is 18.9. The van der Waals surface area contributed by atoms with Crippen molar-refractivity contribution in [3.63, 3.8) is 0 Å². The molecule has 0 bridgehead atoms. The van der Waals surface area contributed by atoms with Gasteiger partial charge in [-0.2, -0.15) is 0 Å². The molecule has 1 amide bonds. The van der Waals surface area contributed by atoms with E-state index in [0.717, 1.165) is 12.0 Å². The van der Waals surface area contributed by atoms with E-state index in [1.165, 1.54) is 5.56 Å². The van der Waals surface area contributed by atoms with Crippen LogP contribution in [0.1, 0.15) is 24.1 Å². The molecular weight excluding hydrogens is 371 g/mol. The number of hydrogen-bond donors (Lipinski definition) is 3. The van der Waals surface area contributed by atoms with E-state index in [1.807, 2.05) is 43.3 Å². The van der Waals surface area contributed by atoms with Crippen molar-refractivity contribution in [2.45, 2.75) is 19.4 Å². The fourth-order valence-electron chi connectivity index (χ4n) is 2.40. The predicted molar refractivity (Wildman–Crippen MR) is 108 cm³/mol. The smallest absolute Gasteiger partial charge is 0.241 e. The van der Waals surface area contributed by atoms with Crippen LogP contribution in [0.2, 0.25) is 10.0 Å². The Morgan fingerprint density at radius 2 is 1.92 bits per heavy atom. The van der Waals surface area contributed by atoms with Crippen LogP contribution in [0, 0.1) is 0 Å². The number of carbonyl (C=O) groups is 1. The van der Waals surface area contributed by atoms with Crippen LogP contribution in [-0.4, -0.2) is 25.0 Å². The Morgan fingerprint density at radius 3 is 2.62 bits per heavy atom. The number of nitrogens with zero attached hydrogens (tertiary/aromatic N) is 1. The summed E-state index contributed by atoms with van der Waals surface area (Å²) in [6, 6.07) is 15.1. The number of guanidine groups is 1. The molecule has 138 valence electrons. The quantitative estimate of drug-likeness (QED) is 0.499. The van der Waals surface area contributed by atoms with Gasteiger partial charge in [-0.25, -0.2) is 4.99 Å². The van der Waals surface area contributed by atoms with E-state index < -0.39 is 0 Å². The molecule has 0 aliphatic heterocycles. The largest absolute Gasteiger partial charge is 0.370 e. The fourth-order valence-corrected chi connectivity index (χ4v) is 2.97. The van der Waals surface area contributed by atoms with Crippen LogP contribution in [0.15, 0.2) is 53.5 Å². The number of hydrogen-bond acceptors (Lipinski definition) is 2. The molecule has 2 aromatic carbocycles. The molecular formula is C19H22Cl2N4O. The zero-order valence-corrected chi connectivity index (χ0v) is 16.0. The van der Waals surface area contributed by atoms with Gasteiger partial charge in [0.15, 0.2) is 5.96 Å². The summed E-state index contributed by atoms with van der Waals surface area (Å²) < 4.78 is 0. The third-order valence-corrected chi connectivity index (χ3v) is 4.33. The van der Waals surface area contributed by atoms with Gasteiger partial charge in [0.25, 0.3) is 0 Å². The lowest BCUT2D eigenvalue weighted by molar-refractivity contribution is -0.119. The Kier molecular flexibility index (Phi) is 7.75. The van der Waals surface area contributed by atoms with E-state index in [9.17, 15) is 4.79 Å². The zero-order valence-electron chi connectivity index (χ0n) is 14.5. The van der Waals surface area contributed by atoms with Crippen molar-refractivity contribution >= 4 is 35.1 Å². The molecule has 0 radical (unpaired) electrons. The third-order valence-electron chi connectivity index (χ3n) is 3.77. The average Bonchev–Trinajstić information content (AvgIpc) is 2.60. The molecule has 0 aliphatic rings. The third kappa shape index (κ3) is 6.58. The number of halogens is 2. The first-order chi connectivity index (χ1) is 12.5. The predicted octanol–water partition coefficient (Wildman–Crippen LogP) is 3.32. The maximum absolute atomic E-state index is 11.8. The topological polar surface area (TPSA) is 79.5 Å². The van der Waals surface area contributed by atoms with E-state index >= 15 is 0 Å². The summed E-state index contributed by atoms with van der Waals surface area (Å²) in [4.78, 5) is 15.9. The van der Waals surface area contributed by atoms with Crippen molar-refractivity contribution in [1.82, 2.24) is 10.6 Å². The van der Waals surface area contributed by atoms with Crippen LogP contribution in [0.3, 0.4) is 0 Å². The van der Waals surface area contributed by atoms with E-state index in [-0.39, 0.29) is 24.5 Å². The molecule has 4 N–H and O–H groups in total. The number of benzene rings is 2. The van der Waals surface area contributed by atoms with Crippen molar-refractivity contribution in [3.05, 3.63) is 69.7 Å². The second-order valence-corrected chi connectivity index (χ2v) is 6.66. The molecule has 7 heteroatoms. The van der Waals surface area contributed by atoms with Crippen LogP contribution in [0.25, 0.3) is 0 Å². The Labute approximate surface area is 163 Å². The van der Waals surface area contributed by atoms with Gasteiger partial charge in [-0.05, 0) is 36.6 Å². The summed E-state index contributed by atoms with van der Waals surface area (Å²) in [7, 11) is 0. The van der Waals surface area contributed by atoms with E-state index in [0.29, 0.717) is 16.6 Å². The van der Waals surface area contributed by atoms with Crippen LogP contribution < -0.4 is 16.4 Å². The number of carbonyl (C=O) groups excluding carboxylic acids is 1. The molecule has 1 atom stereocenters. The monoisotopic (exact) mass is 392 g/mol. The Balaban J connectivity index is 1.77. The molecule has 0 aliphatic carbocycles. The highest BCUT2D eigenvalue weighted by Crippen LogP contribution is 2.25. The van der Waals surface area contributed by atoms with Gasteiger partial charge in [0.1, 0.15) is 6.54 Å². The summed E-state index contributed by atoms with van der Waals surface area (Å²) in [6.45, 7) is 2.43. The molecule has 0 aromatic heterocycles. The van der Waals surface area contributed by atoms with Crippen molar-refractivity contribution < 1.29 is 4.79 Å². The summed E-state index contributed by atoms with van der Waals surface area (Å²) in [5.41, 5.74) is 7.87. The number of nitrogens with one attached hydrogen (secondary N) is 2. The van der Waals surface area contributed by atoms with Crippen LogP contribution in [-0.2, 0) is 11.2 Å². The van der Waals surface area contributed by atoms with E-state index in [4.69, 9.17) is 28.9 Å². The van der Waals surface area contributed by atoms with Crippen LogP contribution in [0.4, 0.5) is 0 Å². The lowest BCUT2D eigenvalue weighted by Gasteiger charge is -2.16. The molecule has 0 heterocycles. The molecule has 0 saturated carbocycles. The minimum Gasteiger partial charge on any atom is -0.370 e. The van der Waals surface area contributed by atoms with Gasteiger partial charge >= 0.3 is 0 Å². The number of amides is 1. The molecule has 0 spiro atoms. The summed E-state index contributed by atoms with van der Waals surface area (Å²) >= 11 is 12.1. The normalized spacial score (nSPS) is 12.5. The van der Waals surface area contributed by atoms with Crippen molar-refractivity contribution in [2.75, 3.05) is 13.1 Å². The second-order valence-electron chi connectivity index (χ2n) is 5.82. The maximum atomic E-state index is 11.8. The van der Waals surface area contributed by atoms with Gasteiger partial charge in [-0.1, -0.05) is 59.6 Å². The highest BCUT2D eigenvalue weighted by Gasteiger charge is 2.11. The van der Waals surface area contributed by atoms with Gasteiger partial charge in [0.2, 0.25) is 5.91 Å². The van der Waals surface area contributed by atoms with Gasteiger partial charge in [0, 0.05) is 16.6 Å². The first kappa shape index (κ1) is 20.1. The highest BCUT2D eigenvalue weighted by molar-refractivity contribution is 6.35. The van der Waals surface area contributed by atoms with Gasteiger partial charge < -0.3 is 16.4 Å². The Hall–Kier alpha value is -2.24. The van der Waals surface area contributed by atoms with Crippen molar-refractivity contribution in [3.8, 4) is 0 Å². The molecule has 0 fully saturated rings. The van der Waals surface area contributed by atoms with Crippen molar-refractivity contribution in [1.29, 1.82) is 0 Å². The summed E-state index contributed by atoms with van der Waals surface area (Å²) in [5, 5.41) is 6.95. The molecule has 26 heavy (non-hydrogen) atoms. The Bertz CT molecular complexity index is 765. The lowest BCUT2D eigenvalue weighted by atomic mass is 10.1. The minimum atomic E-state index is -0.178. The molecule has 5 nitrogen and oxygen atoms in total. The number of rotatable bonds is 7. The molecule has 0 saturated heterocycles. The fraction of sp³-hybridized carbons (Fsp3) is 0.263. The van der Waals surface area contributed by atoms with Crippen molar-refractivity contribution in [2.24, 2.45) is 10.7 Å². The first-order valence-electron chi connectivity index (χ1n) is 8.27. The summed E-state index contributed by atoms with van der Waals surface area (Å²) in [6.07, 6.45) is 0.774. The number of nitrogens with two attached hydrogens (primary N) is 1. The molecule has 1 unspecified atom stereocenters. The maximum Gasteiger partial charge on any atom is 0.241 e. The lowest BCUT2D eigenvalue weighted by Crippen LogP contribution is -2.36. The highest BCUT2D eigenvalue weighted by atomic mass is 35.5. The van der Waals surface area contributed by atoms with E-state index in [2.05, 4.69) is 15.6 Å². The summed E-state index contributed by atoms with van der Waals surface area (Å²) in [5.74, 6) is 0.00425. The van der Waals surface area contributed by atoms with Crippen LogP contribution in [0.5, 0.6) is 0 Å². The van der Waals surface area contributed by atoms with E-state index in [1.54, 1.807) is 12.1 Å². The molecule has 2 rings (SSSR count). The SMILES string of the molecule is CC(NC(N)=NCC(=O)NCCc1ccccc1)c1ccc(Cl)cc1Cl. The first-order valence-corrected chi connectivity index (χ1v) is 9.03. The van der Waals surface area contributed by atoms with Gasteiger partial charge in [-0.15, -0.1) is 0 Å². The molecule has 2 aromatic rings. The average molecular weight is 393 g/mol.